The van der Waals surface area contributed by atoms with Crippen LogP contribution in [0.1, 0.15) is 10.4 Å². The van der Waals surface area contributed by atoms with Gasteiger partial charge in [0.15, 0.2) is 0 Å². The summed E-state index contributed by atoms with van der Waals surface area (Å²) in [6.07, 6.45) is 6.42. The molecular weight excluding hydrogens is 272 g/mol. The molecule has 2 heterocycles. The van der Waals surface area contributed by atoms with Gasteiger partial charge in [0.2, 0.25) is 0 Å². The van der Waals surface area contributed by atoms with Gasteiger partial charge in [-0.05, 0) is 0 Å². The zero-order chi connectivity index (χ0) is 11.5. The fourth-order valence-electron chi connectivity index (χ4n) is 1.28. The van der Waals surface area contributed by atoms with Gasteiger partial charge in [-0.3, -0.25) is 9.78 Å². The summed E-state index contributed by atoms with van der Waals surface area (Å²) in [6, 6.07) is 0. The molecule has 6 heteroatoms. The van der Waals surface area contributed by atoms with E-state index in [1.807, 2.05) is 0 Å². The molecule has 82 valence electrons. The number of nitrogens with one attached hydrogen (secondary N) is 1. The Morgan fingerprint density at radius 2 is 2.38 bits per heavy atom. The van der Waals surface area contributed by atoms with Crippen LogP contribution in [0, 0.1) is 0 Å². The van der Waals surface area contributed by atoms with Gasteiger partial charge < -0.3 is 5.32 Å². The van der Waals surface area contributed by atoms with E-state index in [0.717, 1.165) is 4.48 Å². The molecule has 1 amide bonds. The first-order chi connectivity index (χ1) is 7.68. The van der Waals surface area contributed by atoms with E-state index in [2.05, 4.69) is 37.9 Å². The van der Waals surface area contributed by atoms with Crippen molar-refractivity contribution in [3.63, 3.8) is 0 Å². The summed E-state index contributed by atoms with van der Waals surface area (Å²) >= 11 is 3.17. The Kier molecular flexibility index (Phi) is 3.00. The van der Waals surface area contributed by atoms with Crippen LogP contribution in [0.3, 0.4) is 0 Å². The van der Waals surface area contributed by atoms with Crippen LogP contribution in [-0.2, 0) is 0 Å². The van der Waals surface area contributed by atoms with E-state index in [0.29, 0.717) is 17.6 Å². The number of amides is 1. The fraction of sp³-hybridized carbons (Fsp3) is 0.100. The van der Waals surface area contributed by atoms with Crippen LogP contribution in [0.4, 0.5) is 0 Å². The molecule has 0 spiro atoms. The SMILES string of the molecule is C=C(Br)CNC(=O)c1cnn2ccncc12. The monoisotopic (exact) mass is 280 g/mol. The predicted molar refractivity (Wildman–Crippen MR) is 63.4 cm³/mol. The summed E-state index contributed by atoms with van der Waals surface area (Å²) < 4.78 is 2.32. The van der Waals surface area contributed by atoms with Crippen molar-refractivity contribution in [2.75, 3.05) is 6.54 Å². The van der Waals surface area contributed by atoms with E-state index >= 15 is 0 Å². The molecule has 0 unspecified atom stereocenters. The first kappa shape index (κ1) is 10.8. The second-order valence-corrected chi connectivity index (χ2v) is 4.29. The molecule has 0 aliphatic carbocycles. The maximum absolute atomic E-state index is 11.8. The highest BCUT2D eigenvalue weighted by atomic mass is 79.9. The Balaban J connectivity index is 2.26. The molecule has 1 N–H and O–H groups in total. The number of rotatable bonds is 3. The van der Waals surface area contributed by atoms with E-state index in [1.165, 1.54) is 6.20 Å². The third-order valence-electron chi connectivity index (χ3n) is 2.01. The summed E-state index contributed by atoms with van der Waals surface area (Å²) in [7, 11) is 0. The van der Waals surface area contributed by atoms with Gasteiger partial charge >= 0.3 is 0 Å². The lowest BCUT2D eigenvalue weighted by atomic mass is 10.3. The number of nitrogens with zero attached hydrogens (tertiary/aromatic N) is 3. The molecule has 5 nitrogen and oxygen atoms in total. The van der Waals surface area contributed by atoms with Gasteiger partial charge in [0.1, 0.15) is 0 Å². The summed E-state index contributed by atoms with van der Waals surface area (Å²) in [4.78, 5) is 15.7. The second kappa shape index (κ2) is 4.44. The van der Waals surface area contributed by atoms with Crippen molar-refractivity contribution in [2.45, 2.75) is 0 Å². The number of hydrogen-bond acceptors (Lipinski definition) is 3. The van der Waals surface area contributed by atoms with Crippen LogP contribution in [0.2, 0.25) is 0 Å². The van der Waals surface area contributed by atoms with Crippen molar-refractivity contribution in [1.29, 1.82) is 0 Å². The van der Waals surface area contributed by atoms with Crippen molar-refractivity contribution in [2.24, 2.45) is 0 Å². The summed E-state index contributed by atoms with van der Waals surface area (Å²) in [5, 5.41) is 6.76. The smallest absolute Gasteiger partial charge is 0.255 e. The van der Waals surface area contributed by atoms with Crippen molar-refractivity contribution in [3.05, 3.63) is 41.4 Å². The Morgan fingerprint density at radius 3 is 3.12 bits per heavy atom. The lowest BCUT2D eigenvalue weighted by Crippen LogP contribution is -2.24. The molecule has 0 aliphatic rings. The zero-order valence-electron chi connectivity index (χ0n) is 8.35. The van der Waals surface area contributed by atoms with Gasteiger partial charge in [-0.1, -0.05) is 22.5 Å². The average Bonchev–Trinajstić information content (AvgIpc) is 2.69. The predicted octanol–water partition coefficient (Wildman–Crippen LogP) is 1.37. The summed E-state index contributed by atoms with van der Waals surface area (Å²) in [5.41, 5.74) is 1.18. The molecule has 0 saturated heterocycles. The first-order valence-corrected chi connectivity index (χ1v) is 5.36. The second-order valence-electron chi connectivity index (χ2n) is 3.16. The largest absolute Gasteiger partial charge is 0.347 e. The Labute approximate surface area is 100 Å². The fourth-order valence-corrected chi connectivity index (χ4v) is 1.42. The standard InChI is InChI=1S/C10H9BrN4O/c1-7(11)4-13-10(16)8-5-14-15-3-2-12-6-9(8)15/h2-3,5-6H,1,4H2,(H,13,16). The molecular formula is C10H9BrN4O. The number of halogens is 1. The van der Waals surface area contributed by atoms with Crippen molar-refractivity contribution >= 4 is 27.4 Å². The summed E-state index contributed by atoms with van der Waals surface area (Å²) in [6.45, 7) is 4.02. The van der Waals surface area contributed by atoms with Crippen LogP contribution < -0.4 is 5.32 Å². The lowest BCUT2D eigenvalue weighted by molar-refractivity contribution is 0.0959. The Hall–Kier alpha value is -1.69. The van der Waals surface area contributed by atoms with Crippen LogP contribution in [-0.4, -0.2) is 27.0 Å². The van der Waals surface area contributed by atoms with Gasteiger partial charge in [0.25, 0.3) is 5.91 Å². The highest BCUT2D eigenvalue weighted by molar-refractivity contribution is 9.11. The van der Waals surface area contributed by atoms with E-state index in [9.17, 15) is 4.79 Å². The quantitative estimate of drug-likeness (QED) is 0.924. The summed E-state index contributed by atoms with van der Waals surface area (Å²) in [5.74, 6) is -0.191. The maximum Gasteiger partial charge on any atom is 0.255 e. The third-order valence-corrected chi connectivity index (χ3v) is 2.29. The van der Waals surface area contributed by atoms with E-state index in [-0.39, 0.29) is 5.91 Å². The van der Waals surface area contributed by atoms with E-state index < -0.39 is 0 Å². The molecule has 2 aromatic rings. The third kappa shape index (κ3) is 2.11. The van der Waals surface area contributed by atoms with Crippen molar-refractivity contribution < 1.29 is 4.79 Å². The first-order valence-electron chi connectivity index (χ1n) is 4.57. The normalized spacial score (nSPS) is 10.3. The van der Waals surface area contributed by atoms with Crippen LogP contribution in [0.25, 0.3) is 5.52 Å². The highest BCUT2D eigenvalue weighted by Crippen LogP contribution is 2.08. The maximum atomic E-state index is 11.8. The molecule has 2 aromatic heterocycles. The molecule has 2 rings (SSSR count). The van der Waals surface area contributed by atoms with Crippen LogP contribution in [0.15, 0.2) is 35.8 Å². The Morgan fingerprint density at radius 1 is 1.56 bits per heavy atom. The van der Waals surface area contributed by atoms with Crippen LogP contribution in [0.5, 0.6) is 0 Å². The van der Waals surface area contributed by atoms with Crippen molar-refractivity contribution in [1.82, 2.24) is 19.9 Å². The van der Waals surface area contributed by atoms with Gasteiger partial charge in [0.05, 0.1) is 23.5 Å². The van der Waals surface area contributed by atoms with Gasteiger partial charge in [-0.15, -0.1) is 0 Å². The van der Waals surface area contributed by atoms with Gasteiger partial charge in [-0.25, -0.2) is 4.52 Å². The zero-order valence-corrected chi connectivity index (χ0v) is 9.94. The van der Waals surface area contributed by atoms with E-state index in [4.69, 9.17) is 0 Å². The van der Waals surface area contributed by atoms with Gasteiger partial charge in [0, 0.05) is 23.4 Å². The lowest BCUT2D eigenvalue weighted by Gasteiger charge is -2.01. The molecule has 0 bridgehead atoms. The number of aromatic nitrogens is 3. The molecule has 0 fully saturated rings. The molecule has 0 radical (unpaired) electrons. The van der Waals surface area contributed by atoms with E-state index in [1.54, 1.807) is 23.1 Å². The highest BCUT2D eigenvalue weighted by Gasteiger charge is 2.11. The number of fused-ring (bicyclic) bond motifs is 1. The molecule has 0 saturated carbocycles. The number of carbonyl (C=O) groups excluding carboxylic acids is 1. The molecule has 0 atom stereocenters. The minimum absolute atomic E-state index is 0.191. The average molecular weight is 281 g/mol. The van der Waals surface area contributed by atoms with Gasteiger partial charge in [-0.2, -0.15) is 5.10 Å². The number of hydrogen-bond donors (Lipinski definition) is 1. The molecule has 0 aliphatic heterocycles. The topological polar surface area (TPSA) is 59.3 Å². The molecule has 16 heavy (non-hydrogen) atoms. The van der Waals surface area contributed by atoms with Crippen LogP contribution >= 0.6 is 15.9 Å². The number of carbonyl (C=O) groups is 1. The minimum Gasteiger partial charge on any atom is -0.347 e. The minimum atomic E-state index is -0.191. The Bertz CT molecular complexity index is 548. The van der Waals surface area contributed by atoms with Crippen molar-refractivity contribution in [3.8, 4) is 0 Å². The molecule has 0 aromatic carbocycles.